The zero-order valence-corrected chi connectivity index (χ0v) is 10.3. The third-order valence-corrected chi connectivity index (χ3v) is 4.38. The van der Waals surface area contributed by atoms with Gasteiger partial charge in [0.05, 0.1) is 13.0 Å². The Hall–Kier alpha value is -0.180. The number of rotatable bonds is 5. The molecule has 3 heteroatoms. The third kappa shape index (κ3) is 3.19. The first-order valence-electron chi connectivity index (χ1n) is 5.13. The summed E-state index contributed by atoms with van der Waals surface area (Å²) in [5.41, 5.74) is 0.557. The standard InChI is InChI=1S/C11H20O2S/c1-8(10(12)13-4)6-14-7-9-5-11(9,2)3/h8-9H,5-7H2,1-4H3/t8-,9-/m0/s1. The van der Waals surface area contributed by atoms with Gasteiger partial charge in [-0.1, -0.05) is 20.8 Å². The fourth-order valence-electron chi connectivity index (χ4n) is 1.52. The van der Waals surface area contributed by atoms with Crippen molar-refractivity contribution in [1.82, 2.24) is 0 Å². The lowest BCUT2D eigenvalue weighted by molar-refractivity contribution is -0.143. The number of carbonyl (C=O) groups is 1. The summed E-state index contributed by atoms with van der Waals surface area (Å²) in [6.07, 6.45) is 1.34. The van der Waals surface area contributed by atoms with Gasteiger partial charge in [-0.15, -0.1) is 0 Å². The molecule has 1 saturated carbocycles. The van der Waals surface area contributed by atoms with Gasteiger partial charge in [-0.2, -0.15) is 11.8 Å². The molecule has 0 aromatic rings. The van der Waals surface area contributed by atoms with Crippen LogP contribution in [-0.4, -0.2) is 24.6 Å². The Morgan fingerprint density at radius 2 is 2.21 bits per heavy atom. The second-order valence-corrected chi connectivity index (χ2v) is 5.93. The maximum Gasteiger partial charge on any atom is 0.309 e. The normalized spacial score (nSPS) is 25.6. The topological polar surface area (TPSA) is 26.3 Å². The molecule has 0 spiro atoms. The third-order valence-electron chi connectivity index (χ3n) is 3.01. The Balaban J connectivity index is 2.07. The predicted octanol–water partition coefficient (Wildman–Crippen LogP) is 2.57. The van der Waals surface area contributed by atoms with Gasteiger partial charge >= 0.3 is 5.97 Å². The second-order valence-electron chi connectivity index (χ2n) is 4.85. The quantitative estimate of drug-likeness (QED) is 0.661. The van der Waals surface area contributed by atoms with E-state index in [-0.39, 0.29) is 11.9 Å². The van der Waals surface area contributed by atoms with Crippen LogP contribution in [0, 0.1) is 17.3 Å². The van der Waals surface area contributed by atoms with E-state index >= 15 is 0 Å². The molecule has 1 aliphatic rings. The minimum atomic E-state index is -0.0902. The van der Waals surface area contributed by atoms with Crippen molar-refractivity contribution in [2.24, 2.45) is 17.3 Å². The van der Waals surface area contributed by atoms with Crippen LogP contribution in [0.25, 0.3) is 0 Å². The fraction of sp³-hybridized carbons (Fsp3) is 0.909. The SMILES string of the molecule is COC(=O)[C@@H](C)CSC[C@@H]1CC1(C)C. The molecule has 82 valence electrons. The van der Waals surface area contributed by atoms with Crippen LogP contribution in [0.15, 0.2) is 0 Å². The van der Waals surface area contributed by atoms with Gasteiger partial charge in [0.15, 0.2) is 0 Å². The van der Waals surface area contributed by atoms with E-state index < -0.39 is 0 Å². The molecule has 0 heterocycles. The minimum absolute atomic E-state index is 0.0341. The molecule has 0 saturated heterocycles. The zero-order valence-electron chi connectivity index (χ0n) is 9.50. The summed E-state index contributed by atoms with van der Waals surface area (Å²) in [4.78, 5) is 11.1. The number of hydrogen-bond donors (Lipinski definition) is 0. The van der Waals surface area contributed by atoms with E-state index in [2.05, 4.69) is 18.6 Å². The number of carbonyl (C=O) groups excluding carboxylic acids is 1. The van der Waals surface area contributed by atoms with Crippen LogP contribution >= 0.6 is 11.8 Å². The number of hydrogen-bond acceptors (Lipinski definition) is 3. The van der Waals surface area contributed by atoms with Crippen molar-refractivity contribution in [2.45, 2.75) is 27.2 Å². The Morgan fingerprint density at radius 1 is 1.64 bits per heavy atom. The maximum atomic E-state index is 11.1. The van der Waals surface area contributed by atoms with Gasteiger partial charge in [-0.05, 0) is 23.5 Å². The van der Waals surface area contributed by atoms with Crippen LogP contribution < -0.4 is 0 Å². The average molecular weight is 216 g/mol. The van der Waals surface area contributed by atoms with Crippen molar-refractivity contribution < 1.29 is 9.53 Å². The molecule has 0 aromatic heterocycles. The van der Waals surface area contributed by atoms with Gasteiger partial charge in [0.2, 0.25) is 0 Å². The predicted molar refractivity (Wildman–Crippen MR) is 60.4 cm³/mol. The van der Waals surface area contributed by atoms with E-state index in [4.69, 9.17) is 0 Å². The van der Waals surface area contributed by atoms with E-state index in [1.807, 2.05) is 18.7 Å². The molecule has 1 fully saturated rings. The molecule has 0 N–H and O–H groups in total. The molecule has 1 rings (SSSR count). The highest BCUT2D eigenvalue weighted by atomic mass is 32.2. The fourth-order valence-corrected chi connectivity index (χ4v) is 3.00. The summed E-state index contributed by atoms with van der Waals surface area (Å²) in [6.45, 7) is 6.54. The molecular formula is C11H20O2S. The molecule has 1 aliphatic carbocycles. The van der Waals surface area contributed by atoms with Crippen molar-refractivity contribution >= 4 is 17.7 Å². The monoisotopic (exact) mass is 216 g/mol. The molecule has 0 aromatic carbocycles. The lowest BCUT2D eigenvalue weighted by atomic mass is 10.1. The molecule has 0 amide bonds. The molecular weight excluding hydrogens is 196 g/mol. The largest absolute Gasteiger partial charge is 0.469 e. The Morgan fingerprint density at radius 3 is 2.64 bits per heavy atom. The van der Waals surface area contributed by atoms with Crippen LogP contribution in [-0.2, 0) is 9.53 Å². The number of esters is 1. The Bertz CT molecular complexity index is 213. The zero-order chi connectivity index (χ0) is 10.8. The summed E-state index contributed by atoms with van der Waals surface area (Å²) in [5.74, 6) is 2.88. The van der Waals surface area contributed by atoms with E-state index in [0.717, 1.165) is 11.7 Å². The summed E-state index contributed by atoms with van der Waals surface area (Å²) in [5, 5.41) is 0. The van der Waals surface area contributed by atoms with Crippen LogP contribution in [0.4, 0.5) is 0 Å². The smallest absolute Gasteiger partial charge is 0.309 e. The maximum absolute atomic E-state index is 11.1. The summed E-state index contributed by atoms with van der Waals surface area (Å²) < 4.78 is 4.67. The lowest BCUT2D eigenvalue weighted by Gasteiger charge is -2.08. The van der Waals surface area contributed by atoms with Gasteiger partial charge in [-0.3, -0.25) is 4.79 Å². The highest BCUT2D eigenvalue weighted by Gasteiger charge is 2.44. The number of ether oxygens (including phenoxy) is 1. The van der Waals surface area contributed by atoms with Crippen LogP contribution in [0.2, 0.25) is 0 Å². The van der Waals surface area contributed by atoms with E-state index in [1.165, 1.54) is 19.3 Å². The summed E-state index contributed by atoms with van der Waals surface area (Å²) in [6, 6.07) is 0. The van der Waals surface area contributed by atoms with Crippen molar-refractivity contribution in [2.75, 3.05) is 18.6 Å². The van der Waals surface area contributed by atoms with Crippen LogP contribution in [0.5, 0.6) is 0 Å². The second kappa shape index (κ2) is 4.56. The summed E-state index contributed by atoms with van der Waals surface area (Å²) in [7, 11) is 1.45. The number of methoxy groups -OCH3 is 1. The summed E-state index contributed by atoms with van der Waals surface area (Å²) >= 11 is 1.88. The average Bonchev–Trinajstić information content (AvgIpc) is 2.72. The first kappa shape index (κ1) is 11.9. The van der Waals surface area contributed by atoms with E-state index in [0.29, 0.717) is 5.41 Å². The highest BCUT2D eigenvalue weighted by molar-refractivity contribution is 7.99. The molecule has 14 heavy (non-hydrogen) atoms. The molecule has 0 radical (unpaired) electrons. The van der Waals surface area contributed by atoms with Crippen molar-refractivity contribution in [3.63, 3.8) is 0 Å². The van der Waals surface area contributed by atoms with Gasteiger partial charge < -0.3 is 4.74 Å². The first-order valence-corrected chi connectivity index (χ1v) is 6.28. The molecule has 0 unspecified atom stereocenters. The van der Waals surface area contributed by atoms with Crippen molar-refractivity contribution in [3.05, 3.63) is 0 Å². The van der Waals surface area contributed by atoms with E-state index in [9.17, 15) is 4.79 Å². The number of thioether (sulfide) groups is 1. The van der Waals surface area contributed by atoms with Gasteiger partial charge in [0.1, 0.15) is 0 Å². The minimum Gasteiger partial charge on any atom is -0.469 e. The Labute approximate surface area is 90.8 Å². The molecule has 2 nitrogen and oxygen atoms in total. The van der Waals surface area contributed by atoms with Crippen LogP contribution in [0.1, 0.15) is 27.2 Å². The van der Waals surface area contributed by atoms with Crippen molar-refractivity contribution in [3.8, 4) is 0 Å². The van der Waals surface area contributed by atoms with Gasteiger partial charge in [0, 0.05) is 5.75 Å². The van der Waals surface area contributed by atoms with Crippen molar-refractivity contribution in [1.29, 1.82) is 0 Å². The Kier molecular flexibility index (Phi) is 3.87. The first-order chi connectivity index (χ1) is 6.47. The van der Waals surface area contributed by atoms with Crippen LogP contribution in [0.3, 0.4) is 0 Å². The van der Waals surface area contributed by atoms with Gasteiger partial charge in [0.25, 0.3) is 0 Å². The van der Waals surface area contributed by atoms with Gasteiger partial charge in [-0.25, -0.2) is 0 Å². The highest BCUT2D eigenvalue weighted by Crippen LogP contribution is 2.52. The lowest BCUT2D eigenvalue weighted by Crippen LogP contribution is -2.15. The molecule has 0 bridgehead atoms. The molecule has 0 aliphatic heterocycles. The van der Waals surface area contributed by atoms with E-state index in [1.54, 1.807) is 0 Å². The molecule has 2 atom stereocenters.